The average Bonchev–Trinajstić information content (AvgIpc) is 2.90. The predicted molar refractivity (Wildman–Crippen MR) is 116 cm³/mol. The van der Waals surface area contributed by atoms with Crippen molar-refractivity contribution in [1.82, 2.24) is 15.2 Å². The minimum absolute atomic E-state index is 0.0351. The molecule has 0 saturated carbocycles. The third kappa shape index (κ3) is 3.97. The van der Waals surface area contributed by atoms with E-state index in [1.807, 2.05) is 24.3 Å². The lowest BCUT2D eigenvalue weighted by Gasteiger charge is -2.20. The summed E-state index contributed by atoms with van der Waals surface area (Å²) < 4.78 is 12.0. The van der Waals surface area contributed by atoms with E-state index in [9.17, 15) is 5.11 Å². The molecule has 0 unspecified atom stereocenters. The molecule has 7 nitrogen and oxygen atoms in total. The number of nitrogens with one attached hydrogen (secondary N) is 1. The van der Waals surface area contributed by atoms with Crippen molar-refractivity contribution in [3.8, 4) is 28.6 Å². The number of phenolic OH excluding ortho intramolecular Hbond substituents is 1. The molecule has 2 aromatic carbocycles. The van der Waals surface area contributed by atoms with E-state index in [4.69, 9.17) is 9.47 Å². The predicted octanol–water partition coefficient (Wildman–Crippen LogP) is 5.02. The van der Waals surface area contributed by atoms with E-state index in [1.165, 1.54) is 7.11 Å². The summed E-state index contributed by atoms with van der Waals surface area (Å²) in [6, 6.07) is 11.3. The highest BCUT2D eigenvalue weighted by molar-refractivity contribution is 9.10. The summed E-state index contributed by atoms with van der Waals surface area (Å²) in [7, 11) is 1.51. The number of hydrogen-bond acceptors (Lipinski definition) is 8. The van der Waals surface area contributed by atoms with Crippen molar-refractivity contribution >= 4 is 33.4 Å². The summed E-state index contributed by atoms with van der Waals surface area (Å²) in [6.45, 7) is 2.10. The lowest BCUT2D eigenvalue weighted by Crippen LogP contribution is -2.17. The zero-order chi connectivity index (χ0) is 20.4. The van der Waals surface area contributed by atoms with Crippen molar-refractivity contribution in [1.29, 1.82) is 0 Å². The Bertz CT molecular complexity index is 1050. The first-order valence-corrected chi connectivity index (χ1v) is 10.8. The first-order chi connectivity index (χ1) is 14.1. The van der Waals surface area contributed by atoms with Crippen LogP contribution in [0.15, 0.2) is 46.0 Å². The molecule has 2 N–H and O–H groups in total. The second-order valence-corrected chi connectivity index (χ2v) is 8.25. The molecule has 150 valence electrons. The first kappa shape index (κ1) is 19.8. The van der Waals surface area contributed by atoms with Crippen LogP contribution in [0, 0.1) is 0 Å². The van der Waals surface area contributed by atoms with Gasteiger partial charge in [-0.15, -0.1) is 10.2 Å². The standard InChI is InChI=1S/C20H19BrN4O3S/c1-3-8-29-20-23-19-16(24-25-20)12-6-4-5-7-14(12)22-18(28-19)11-9-13(21)17(26)15(10-11)27-2/h4-7,9-10,18,22,26H,3,8H2,1-2H3/t18-/m0/s1. The quantitative estimate of drug-likeness (QED) is 0.498. The smallest absolute Gasteiger partial charge is 0.247 e. The van der Waals surface area contributed by atoms with Crippen LogP contribution in [0.25, 0.3) is 11.3 Å². The maximum absolute atomic E-state index is 10.1. The van der Waals surface area contributed by atoms with Crippen molar-refractivity contribution in [2.45, 2.75) is 24.7 Å². The average molecular weight is 475 g/mol. The number of para-hydroxylation sites is 1. The minimum atomic E-state index is -0.566. The van der Waals surface area contributed by atoms with Crippen molar-refractivity contribution in [2.75, 3.05) is 18.2 Å². The van der Waals surface area contributed by atoms with Crippen molar-refractivity contribution in [3.05, 3.63) is 46.4 Å². The molecule has 1 aliphatic heterocycles. The van der Waals surface area contributed by atoms with Crippen molar-refractivity contribution in [3.63, 3.8) is 0 Å². The zero-order valence-electron chi connectivity index (χ0n) is 15.8. The number of fused-ring (bicyclic) bond motifs is 3. The van der Waals surface area contributed by atoms with Gasteiger partial charge in [0.25, 0.3) is 0 Å². The van der Waals surface area contributed by atoms with Crippen LogP contribution in [0.5, 0.6) is 17.4 Å². The molecular formula is C20H19BrN4O3S. The van der Waals surface area contributed by atoms with Crippen molar-refractivity contribution in [2.24, 2.45) is 0 Å². The number of nitrogens with zero attached hydrogens (tertiary/aromatic N) is 3. The Kier molecular flexibility index (Phi) is 5.77. The van der Waals surface area contributed by atoms with Gasteiger partial charge in [-0.25, -0.2) is 0 Å². The van der Waals surface area contributed by atoms with Gasteiger partial charge in [-0.2, -0.15) is 4.98 Å². The van der Waals surface area contributed by atoms with Gasteiger partial charge < -0.3 is 19.9 Å². The second kappa shape index (κ2) is 8.46. The number of anilines is 1. The van der Waals surface area contributed by atoms with E-state index in [1.54, 1.807) is 23.9 Å². The number of aromatic nitrogens is 3. The third-order valence-corrected chi connectivity index (χ3v) is 5.99. The Morgan fingerprint density at radius 1 is 1.28 bits per heavy atom. The third-order valence-electron chi connectivity index (χ3n) is 4.34. The molecule has 29 heavy (non-hydrogen) atoms. The molecular weight excluding hydrogens is 456 g/mol. The molecule has 3 aromatic rings. The fourth-order valence-corrected chi connectivity index (χ4v) is 4.05. The van der Waals surface area contributed by atoms with Crippen LogP contribution in [0.3, 0.4) is 0 Å². The van der Waals surface area contributed by atoms with Crippen LogP contribution in [0.2, 0.25) is 0 Å². The monoisotopic (exact) mass is 474 g/mol. The number of benzene rings is 2. The highest BCUT2D eigenvalue weighted by Crippen LogP contribution is 2.42. The number of rotatable bonds is 5. The molecule has 0 saturated heterocycles. The summed E-state index contributed by atoms with van der Waals surface area (Å²) in [5, 5.41) is 22.8. The van der Waals surface area contributed by atoms with E-state index in [2.05, 4.69) is 43.4 Å². The maximum Gasteiger partial charge on any atom is 0.247 e. The Labute approximate surface area is 181 Å². The first-order valence-electron chi connectivity index (χ1n) is 9.07. The molecule has 1 atom stereocenters. The summed E-state index contributed by atoms with van der Waals surface area (Å²) in [6.07, 6.45) is 0.448. The van der Waals surface area contributed by atoms with E-state index in [0.29, 0.717) is 27.0 Å². The molecule has 1 aromatic heterocycles. The number of halogens is 1. The topological polar surface area (TPSA) is 89.4 Å². The fourth-order valence-electron chi connectivity index (χ4n) is 2.95. The van der Waals surface area contributed by atoms with Gasteiger partial charge in [0.15, 0.2) is 23.4 Å². The Hall–Kier alpha value is -2.52. The van der Waals surface area contributed by atoms with Crippen LogP contribution in [-0.4, -0.2) is 33.2 Å². The molecule has 4 rings (SSSR count). The lowest BCUT2D eigenvalue weighted by atomic mass is 10.1. The highest BCUT2D eigenvalue weighted by Gasteiger charge is 2.27. The van der Waals surface area contributed by atoms with E-state index < -0.39 is 6.23 Å². The zero-order valence-corrected chi connectivity index (χ0v) is 18.2. The van der Waals surface area contributed by atoms with Gasteiger partial charge in [-0.1, -0.05) is 36.9 Å². The number of ether oxygens (including phenoxy) is 2. The van der Waals surface area contributed by atoms with Crippen LogP contribution in [0.4, 0.5) is 5.69 Å². The highest BCUT2D eigenvalue weighted by atomic mass is 79.9. The number of hydrogen-bond donors (Lipinski definition) is 2. The van der Waals surface area contributed by atoms with Gasteiger partial charge >= 0.3 is 0 Å². The number of methoxy groups -OCH3 is 1. The summed E-state index contributed by atoms with van der Waals surface area (Å²) in [5.41, 5.74) is 3.06. The molecule has 9 heteroatoms. The second-order valence-electron chi connectivity index (χ2n) is 6.34. The van der Waals surface area contributed by atoms with Gasteiger partial charge in [0.05, 0.1) is 11.6 Å². The SMILES string of the molecule is CCCSc1nnc2c(n1)O[C@@H](c1cc(Br)c(O)c(OC)c1)Nc1ccccc1-2. The largest absolute Gasteiger partial charge is 0.503 e. The normalized spacial score (nSPS) is 14.8. The number of thioether (sulfide) groups is 1. The number of phenols is 1. The van der Waals surface area contributed by atoms with Gasteiger partial charge in [-0.05, 0) is 40.5 Å². The molecule has 0 spiro atoms. The Morgan fingerprint density at radius 3 is 2.90 bits per heavy atom. The fraction of sp³-hybridized carbons (Fsp3) is 0.250. The molecule has 2 heterocycles. The summed E-state index contributed by atoms with van der Waals surface area (Å²) >= 11 is 4.92. The lowest BCUT2D eigenvalue weighted by molar-refractivity contribution is 0.224. The van der Waals surface area contributed by atoms with Gasteiger partial charge in [-0.3, -0.25) is 0 Å². The number of aromatic hydroxyl groups is 1. The van der Waals surface area contributed by atoms with Gasteiger partial charge in [0, 0.05) is 22.6 Å². The molecule has 0 radical (unpaired) electrons. The van der Waals surface area contributed by atoms with Crippen LogP contribution >= 0.6 is 27.7 Å². The van der Waals surface area contributed by atoms with Gasteiger partial charge in [0.1, 0.15) is 0 Å². The maximum atomic E-state index is 10.1. The Balaban J connectivity index is 1.81. The molecule has 0 aliphatic carbocycles. The molecule has 0 fully saturated rings. The van der Waals surface area contributed by atoms with Crippen LogP contribution in [-0.2, 0) is 0 Å². The molecule has 0 amide bonds. The van der Waals surface area contributed by atoms with Gasteiger partial charge in [0.2, 0.25) is 11.0 Å². The minimum Gasteiger partial charge on any atom is -0.503 e. The van der Waals surface area contributed by atoms with E-state index in [-0.39, 0.29) is 5.75 Å². The van der Waals surface area contributed by atoms with Crippen LogP contribution in [0.1, 0.15) is 25.1 Å². The molecule has 1 aliphatic rings. The van der Waals surface area contributed by atoms with E-state index >= 15 is 0 Å². The van der Waals surface area contributed by atoms with Crippen molar-refractivity contribution < 1.29 is 14.6 Å². The Morgan fingerprint density at radius 2 is 2.10 bits per heavy atom. The van der Waals surface area contributed by atoms with E-state index in [0.717, 1.165) is 29.0 Å². The summed E-state index contributed by atoms with van der Waals surface area (Å²) in [5.74, 6) is 1.69. The molecule has 0 bridgehead atoms. The summed E-state index contributed by atoms with van der Waals surface area (Å²) in [4.78, 5) is 4.60. The van der Waals surface area contributed by atoms with Crippen LogP contribution < -0.4 is 14.8 Å².